The molecule has 0 spiro atoms. The maximum Gasteiger partial charge on any atom is 0.255 e. The van der Waals surface area contributed by atoms with Crippen molar-refractivity contribution < 1.29 is 13.2 Å². The minimum absolute atomic E-state index is 0.0356. The maximum absolute atomic E-state index is 12.3. The van der Waals surface area contributed by atoms with Crippen molar-refractivity contribution in [3.05, 3.63) is 42.2 Å². The predicted octanol–water partition coefficient (Wildman–Crippen LogP) is 0.889. The minimum Gasteiger partial charge on any atom is -0.319 e. The van der Waals surface area contributed by atoms with Crippen LogP contribution in [0, 0.1) is 11.3 Å². The normalized spacial score (nSPS) is 11.3. The first kappa shape index (κ1) is 20.6. The molecule has 1 heterocycles. The monoisotopic (exact) mass is 390 g/mol. The number of rotatable bonds is 9. The Morgan fingerprint density at radius 2 is 2.00 bits per heavy atom. The Morgan fingerprint density at radius 3 is 2.63 bits per heavy atom. The first-order valence-corrected chi connectivity index (χ1v) is 9.75. The number of nitrogens with zero attached hydrogens (tertiary/aromatic N) is 4. The van der Waals surface area contributed by atoms with Crippen molar-refractivity contribution in [3.63, 3.8) is 0 Å². The highest BCUT2D eigenvalue weighted by Crippen LogP contribution is 2.13. The van der Waals surface area contributed by atoms with Crippen LogP contribution in [0.1, 0.15) is 16.8 Å². The first-order chi connectivity index (χ1) is 12.8. The van der Waals surface area contributed by atoms with Gasteiger partial charge in [-0.1, -0.05) is 0 Å². The van der Waals surface area contributed by atoms with Gasteiger partial charge >= 0.3 is 0 Å². The number of likely N-dealkylation sites (N-methyl/N-ethyl adjacent to an activating group) is 1. The molecule has 0 aliphatic heterocycles. The van der Waals surface area contributed by atoms with Crippen LogP contribution in [-0.4, -0.2) is 56.2 Å². The Kier molecular flexibility index (Phi) is 7.06. The number of benzene rings is 1. The highest BCUT2D eigenvalue weighted by Gasteiger charge is 2.14. The van der Waals surface area contributed by atoms with Gasteiger partial charge in [0.1, 0.15) is 0 Å². The summed E-state index contributed by atoms with van der Waals surface area (Å²) in [5.41, 5.74) is 0.889. The van der Waals surface area contributed by atoms with E-state index in [-0.39, 0.29) is 23.8 Å². The predicted molar refractivity (Wildman–Crippen MR) is 101 cm³/mol. The zero-order valence-electron chi connectivity index (χ0n) is 15.2. The van der Waals surface area contributed by atoms with E-state index in [9.17, 15) is 13.2 Å². The highest BCUT2D eigenvalue weighted by atomic mass is 32.2. The van der Waals surface area contributed by atoms with Crippen LogP contribution in [0.2, 0.25) is 0 Å². The average molecular weight is 390 g/mol. The zero-order chi connectivity index (χ0) is 19.9. The summed E-state index contributed by atoms with van der Waals surface area (Å²) < 4.78 is 28.2. The van der Waals surface area contributed by atoms with E-state index >= 15 is 0 Å². The third kappa shape index (κ3) is 6.18. The lowest BCUT2D eigenvalue weighted by atomic mass is 10.2. The van der Waals surface area contributed by atoms with Gasteiger partial charge in [0.25, 0.3) is 5.91 Å². The molecular weight excluding hydrogens is 368 g/mol. The lowest BCUT2D eigenvalue weighted by Gasteiger charge is -2.08. The molecule has 9 nitrogen and oxygen atoms in total. The number of carbonyl (C=O) groups is 1. The van der Waals surface area contributed by atoms with Gasteiger partial charge in [-0.05, 0) is 38.4 Å². The Morgan fingerprint density at radius 1 is 1.30 bits per heavy atom. The van der Waals surface area contributed by atoms with Crippen LogP contribution < -0.4 is 10.0 Å². The van der Waals surface area contributed by atoms with Gasteiger partial charge in [0.15, 0.2) is 0 Å². The average Bonchev–Trinajstić information content (AvgIpc) is 3.07. The molecule has 1 aromatic carbocycles. The Bertz CT molecular complexity index is 913. The van der Waals surface area contributed by atoms with Gasteiger partial charge < -0.3 is 10.2 Å². The van der Waals surface area contributed by atoms with Crippen LogP contribution in [0.4, 0.5) is 5.69 Å². The van der Waals surface area contributed by atoms with Crippen LogP contribution in [0.25, 0.3) is 0 Å². The molecule has 0 aliphatic rings. The number of anilines is 1. The van der Waals surface area contributed by atoms with Crippen LogP contribution >= 0.6 is 0 Å². The largest absolute Gasteiger partial charge is 0.319 e. The summed E-state index contributed by atoms with van der Waals surface area (Å²) in [6, 6.07) is 7.44. The van der Waals surface area contributed by atoms with Crippen molar-refractivity contribution in [2.75, 3.05) is 32.5 Å². The molecule has 0 aliphatic carbocycles. The quantitative estimate of drug-likeness (QED) is 0.614. The van der Waals surface area contributed by atoms with Crippen LogP contribution in [-0.2, 0) is 16.6 Å². The SMILES string of the molecule is CN(C)CCn1cc(NC(=O)c2ccc(S(=O)(=O)NCCC#N)cc2)cn1. The molecule has 0 saturated carbocycles. The number of aromatic nitrogens is 2. The van der Waals surface area contributed by atoms with E-state index in [4.69, 9.17) is 5.26 Å². The second kappa shape index (κ2) is 9.27. The third-order valence-corrected chi connectivity index (χ3v) is 5.10. The van der Waals surface area contributed by atoms with Gasteiger partial charge in [0.05, 0.1) is 29.4 Å². The smallest absolute Gasteiger partial charge is 0.255 e. The Balaban J connectivity index is 1.98. The Hall–Kier alpha value is -2.74. The van der Waals surface area contributed by atoms with E-state index in [1.807, 2.05) is 25.1 Å². The molecule has 2 aromatic rings. The molecule has 0 unspecified atom stereocenters. The number of hydrogen-bond acceptors (Lipinski definition) is 6. The van der Waals surface area contributed by atoms with Gasteiger partial charge in [-0.15, -0.1) is 0 Å². The molecule has 144 valence electrons. The van der Waals surface area contributed by atoms with Gasteiger partial charge in [0.2, 0.25) is 10.0 Å². The molecular formula is C17H22N6O3S. The molecule has 0 radical (unpaired) electrons. The number of amides is 1. The van der Waals surface area contributed by atoms with Gasteiger partial charge in [-0.25, -0.2) is 13.1 Å². The number of carbonyl (C=O) groups excluding carboxylic acids is 1. The van der Waals surface area contributed by atoms with E-state index in [0.717, 1.165) is 6.54 Å². The fourth-order valence-electron chi connectivity index (χ4n) is 2.17. The standard InChI is InChI=1S/C17H22N6O3S/c1-22(2)10-11-23-13-15(12-19-23)21-17(24)14-4-6-16(7-5-14)27(25,26)20-9-3-8-18/h4-7,12-13,20H,3,9-11H2,1-2H3,(H,21,24). The topological polar surface area (TPSA) is 120 Å². The number of nitriles is 1. The molecule has 0 atom stereocenters. The second-order valence-corrected chi connectivity index (χ2v) is 7.85. The minimum atomic E-state index is -3.69. The van der Waals surface area contributed by atoms with Crippen LogP contribution in [0.3, 0.4) is 0 Å². The zero-order valence-corrected chi connectivity index (χ0v) is 16.0. The van der Waals surface area contributed by atoms with Crippen molar-refractivity contribution in [1.29, 1.82) is 5.26 Å². The van der Waals surface area contributed by atoms with E-state index in [2.05, 4.69) is 15.1 Å². The molecule has 10 heteroatoms. The summed E-state index contributed by atoms with van der Waals surface area (Å²) in [5.74, 6) is -0.358. The lowest BCUT2D eigenvalue weighted by molar-refractivity contribution is 0.102. The number of sulfonamides is 1. The molecule has 1 aromatic heterocycles. The van der Waals surface area contributed by atoms with E-state index in [1.165, 1.54) is 24.3 Å². The summed E-state index contributed by atoms with van der Waals surface area (Å²) in [6.07, 6.45) is 3.38. The lowest BCUT2D eigenvalue weighted by Crippen LogP contribution is -2.24. The van der Waals surface area contributed by atoms with Crippen molar-refractivity contribution in [2.24, 2.45) is 0 Å². The molecule has 0 saturated heterocycles. The third-order valence-electron chi connectivity index (χ3n) is 3.62. The first-order valence-electron chi connectivity index (χ1n) is 8.27. The Labute approximate surface area is 158 Å². The summed E-state index contributed by atoms with van der Waals surface area (Å²) in [6.45, 7) is 1.57. The fourth-order valence-corrected chi connectivity index (χ4v) is 3.20. The fraction of sp³-hybridized carbons (Fsp3) is 0.353. The van der Waals surface area contributed by atoms with Crippen molar-refractivity contribution in [1.82, 2.24) is 19.4 Å². The molecule has 27 heavy (non-hydrogen) atoms. The van der Waals surface area contributed by atoms with Gasteiger partial charge in [0, 0.05) is 31.3 Å². The van der Waals surface area contributed by atoms with Crippen molar-refractivity contribution in [3.8, 4) is 6.07 Å². The van der Waals surface area contributed by atoms with Crippen LogP contribution in [0.5, 0.6) is 0 Å². The molecule has 0 bridgehead atoms. The van der Waals surface area contributed by atoms with Crippen LogP contribution in [0.15, 0.2) is 41.6 Å². The van der Waals surface area contributed by atoms with E-state index in [0.29, 0.717) is 17.8 Å². The molecule has 2 N–H and O–H groups in total. The number of nitrogens with one attached hydrogen (secondary N) is 2. The van der Waals surface area contributed by atoms with E-state index < -0.39 is 10.0 Å². The summed E-state index contributed by atoms with van der Waals surface area (Å²) in [7, 11) is 0.241. The summed E-state index contributed by atoms with van der Waals surface area (Å²) >= 11 is 0. The number of hydrogen-bond donors (Lipinski definition) is 2. The molecule has 1 amide bonds. The summed E-state index contributed by atoms with van der Waals surface area (Å²) in [5, 5.41) is 15.4. The van der Waals surface area contributed by atoms with Gasteiger partial charge in [-0.3, -0.25) is 9.48 Å². The second-order valence-electron chi connectivity index (χ2n) is 6.08. The van der Waals surface area contributed by atoms with Gasteiger partial charge in [-0.2, -0.15) is 10.4 Å². The molecule has 0 fully saturated rings. The van der Waals surface area contributed by atoms with E-state index in [1.54, 1.807) is 17.1 Å². The molecule has 2 rings (SSSR count). The highest BCUT2D eigenvalue weighted by molar-refractivity contribution is 7.89. The van der Waals surface area contributed by atoms with Crippen molar-refractivity contribution >= 4 is 21.6 Å². The maximum atomic E-state index is 12.3. The van der Waals surface area contributed by atoms with Crippen molar-refractivity contribution in [2.45, 2.75) is 17.9 Å². The summed E-state index contributed by atoms with van der Waals surface area (Å²) in [4.78, 5) is 14.4.